The van der Waals surface area contributed by atoms with Gasteiger partial charge in [0, 0.05) is 13.6 Å². The van der Waals surface area contributed by atoms with Gasteiger partial charge in [-0.2, -0.15) is 9.78 Å². The molecule has 122 valence electrons. The molecule has 1 aromatic heterocycles. The van der Waals surface area contributed by atoms with Crippen molar-refractivity contribution >= 4 is 17.3 Å². The summed E-state index contributed by atoms with van der Waals surface area (Å²) in [6, 6.07) is 17.4. The smallest absolute Gasteiger partial charge is 0.292 e. The predicted molar refractivity (Wildman–Crippen MR) is 98.1 cm³/mol. The molecular weight excluding hydrogens is 322 g/mol. The van der Waals surface area contributed by atoms with Crippen LogP contribution < -0.4 is 10.5 Å². The van der Waals surface area contributed by atoms with Crippen LogP contribution >= 0.6 is 11.6 Å². The predicted octanol–water partition coefficient (Wildman–Crippen LogP) is 3.83. The number of para-hydroxylation sites is 1. The third-order valence-corrected chi connectivity index (χ3v) is 4.34. The molecular formula is C19H18ClN3O. The van der Waals surface area contributed by atoms with Crippen LogP contribution in [0.25, 0.3) is 5.69 Å². The van der Waals surface area contributed by atoms with Crippen LogP contribution in [0.15, 0.2) is 65.6 Å². The van der Waals surface area contributed by atoms with E-state index in [0.717, 1.165) is 0 Å². The normalized spacial score (nSPS) is 10.6. The summed E-state index contributed by atoms with van der Waals surface area (Å²) in [4.78, 5) is 14.5. The van der Waals surface area contributed by atoms with Gasteiger partial charge in [-0.3, -0.25) is 4.79 Å². The first-order valence-corrected chi connectivity index (χ1v) is 8.04. The maximum absolute atomic E-state index is 12.6. The minimum absolute atomic E-state index is 0.171. The zero-order chi connectivity index (χ0) is 17.1. The molecule has 24 heavy (non-hydrogen) atoms. The summed E-state index contributed by atoms with van der Waals surface area (Å²) in [6.45, 7) is 2.72. The summed E-state index contributed by atoms with van der Waals surface area (Å²) < 4.78 is 1.31. The lowest BCUT2D eigenvalue weighted by molar-refractivity contribution is 0.794. The van der Waals surface area contributed by atoms with Crippen LogP contribution in [0.2, 0.25) is 5.02 Å². The highest BCUT2D eigenvalue weighted by molar-refractivity contribution is 6.33. The fourth-order valence-corrected chi connectivity index (χ4v) is 2.84. The summed E-state index contributed by atoms with van der Waals surface area (Å²) in [7, 11) is 1.90. The number of aryl methyl sites for hydroxylation is 1. The SMILES string of the molecule is Cc1ccccc1CN(C)c1cnn(-c2ccccc2)c(=O)c1Cl. The maximum Gasteiger partial charge on any atom is 0.292 e. The van der Waals surface area contributed by atoms with Crippen LogP contribution in [0.3, 0.4) is 0 Å². The van der Waals surface area contributed by atoms with Crippen molar-refractivity contribution < 1.29 is 0 Å². The molecule has 5 heteroatoms. The highest BCUT2D eigenvalue weighted by Crippen LogP contribution is 2.23. The van der Waals surface area contributed by atoms with Crippen molar-refractivity contribution in [3.63, 3.8) is 0 Å². The van der Waals surface area contributed by atoms with Crippen molar-refractivity contribution in [2.75, 3.05) is 11.9 Å². The monoisotopic (exact) mass is 339 g/mol. The van der Waals surface area contributed by atoms with Crippen molar-refractivity contribution in [1.82, 2.24) is 9.78 Å². The Balaban J connectivity index is 1.94. The van der Waals surface area contributed by atoms with Gasteiger partial charge in [-0.1, -0.05) is 54.1 Å². The fraction of sp³-hybridized carbons (Fsp3) is 0.158. The summed E-state index contributed by atoms with van der Waals surface area (Å²) in [6.07, 6.45) is 1.63. The Kier molecular flexibility index (Phi) is 4.67. The molecule has 1 heterocycles. The Bertz CT molecular complexity index is 906. The fourth-order valence-electron chi connectivity index (χ4n) is 2.57. The summed E-state index contributed by atoms with van der Waals surface area (Å²) in [5, 5.41) is 4.44. The molecule has 0 radical (unpaired) electrons. The van der Waals surface area contributed by atoms with Crippen LogP contribution in [0.5, 0.6) is 0 Å². The van der Waals surface area contributed by atoms with Crippen LogP contribution in [-0.2, 0) is 6.54 Å². The van der Waals surface area contributed by atoms with Gasteiger partial charge < -0.3 is 4.90 Å². The molecule has 0 atom stereocenters. The quantitative estimate of drug-likeness (QED) is 0.725. The van der Waals surface area contributed by atoms with Crippen LogP contribution in [0.1, 0.15) is 11.1 Å². The van der Waals surface area contributed by atoms with Gasteiger partial charge in [0.15, 0.2) is 0 Å². The van der Waals surface area contributed by atoms with Gasteiger partial charge >= 0.3 is 0 Å². The van der Waals surface area contributed by atoms with Crippen molar-refractivity contribution in [3.05, 3.63) is 87.3 Å². The number of nitrogens with zero attached hydrogens (tertiary/aromatic N) is 3. The summed E-state index contributed by atoms with van der Waals surface area (Å²) >= 11 is 6.33. The van der Waals surface area contributed by atoms with Crippen molar-refractivity contribution in [2.24, 2.45) is 0 Å². The first-order valence-electron chi connectivity index (χ1n) is 7.67. The Morgan fingerprint density at radius 3 is 2.46 bits per heavy atom. The second kappa shape index (κ2) is 6.89. The molecule has 0 fully saturated rings. The Hall–Kier alpha value is -2.59. The lowest BCUT2D eigenvalue weighted by atomic mass is 10.1. The molecule has 3 aromatic rings. The molecule has 4 nitrogen and oxygen atoms in total. The van der Waals surface area contributed by atoms with Gasteiger partial charge in [0.1, 0.15) is 5.02 Å². The van der Waals surface area contributed by atoms with Gasteiger partial charge in [0.2, 0.25) is 0 Å². The molecule has 0 amide bonds. The number of rotatable bonds is 4. The number of aromatic nitrogens is 2. The average Bonchev–Trinajstić information content (AvgIpc) is 2.60. The Labute approximate surface area is 145 Å². The minimum Gasteiger partial charge on any atom is -0.368 e. The van der Waals surface area contributed by atoms with E-state index < -0.39 is 0 Å². The number of halogens is 1. The molecule has 0 saturated heterocycles. The van der Waals surface area contributed by atoms with E-state index in [4.69, 9.17) is 11.6 Å². The maximum atomic E-state index is 12.6. The van der Waals surface area contributed by atoms with Crippen LogP contribution in [0, 0.1) is 6.92 Å². The molecule has 0 saturated carbocycles. The molecule has 2 aromatic carbocycles. The Morgan fingerprint density at radius 1 is 1.08 bits per heavy atom. The third kappa shape index (κ3) is 3.19. The number of hydrogen-bond acceptors (Lipinski definition) is 3. The van der Waals surface area contributed by atoms with Gasteiger partial charge in [-0.25, -0.2) is 0 Å². The largest absolute Gasteiger partial charge is 0.368 e. The standard InChI is InChI=1S/C19H18ClN3O/c1-14-8-6-7-9-15(14)13-22(2)17-12-21-23(19(24)18(17)20)16-10-4-3-5-11-16/h3-12H,13H2,1-2H3. The highest BCUT2D eigenvalue weighted by Gasteiger charge is 2.14. The summed E-state index contributed by atoms with van der Waals surface area (Å²) in [5.41, 5.74) is 3.38. The second-order valence-corrected chi connectivity index (χ2v) is 6.06. The van der Waals surface area contributed by atoms with E-state index in [1.165, 1.54) is 15.8 Å². The zero-order valence-electron chi connectivity index (χ0n) is 13.6. The Morgan fingerprint density at radius 2 is 1.75 bits per heavy atom. The molecule has 0 aliphatic rings. The van der Waals surface area contributed by atoms with Crippen molar-refractivity contribution in [2.45, 2.75) is 13.5 Å². The third-order valence-electron chi connectivity index (χ3n) is 3.98. The van der Waals surface area contributed by atoms with Gasteiger partial charge in [0.25, 0.3) is 5.56 Å². The zero-order valence-corrected chi connectivity index (χ0v) is 14.4. The lowest BCUT2D eigenvalue weighted by Crippen LogP contribution is -2.26. The van der Waals surface area contributed by atoms with Gasteiger partial charge in [-0.15, -0.1) is 0 Å². The number of benzene rings is 2. The number of anilines is 1. The van der Waals surface area contributed by atoms with Crippen LogP contribution in [-0.4, -0.2) is 16.8 Å². The first kappa shape index (κ1) is 16.3. The van der Waals surface area contributed by atoms with E-state index in [1.54, 1.807) is 6.20 Å². The molecule has 0 bridgehead atoms. The van der Waals surface area contributed by atoms with Gasteiger partial charge in [-0.05, 0) is 30.2 Å². The van der Waals surface area contributed by atoms with E-state index in [2.05, 4.69) is 24.2 Å². The van der Waals surface area contributed by atoms with Crippen molar-refractivity contribution in [3.8, 4) is 5.69 Å². The lowest BCUT2D eigenvalue weighted by Gasteiger charge is -2.21. The minimum atomic E-state index is -0.322. The van der Waals surface area contributed by atoms with Crippen LogP contribution in [0.4, 0.5) is 5.69 Å². The van der Waals surface area contributed by atoms with E-state index in [0.29, 0.717) is 17.9 Å². The number of hydrogen-bond donors (Lipinski definition) is 0. The second-order valence-electron chi connectivity index (χ2n) is 5.68. The highest BCUT2D eigenvalue weighted by atomic mass is 35.5. The average molecular weight is 340 g/mol. The molecule has 0 aliphatic heterocycles. The molecule has 0 aliphatic carbocycles. The van der Waals surface area contributed by atoms with E-state index in [1.807, 2.05) is 54.4 Å². The molecule has 0 unspecified atom stereocenters. The first-order chi connectivity index (χ1) is 11.6. The topological polar surface area (TPSA) is 38.1 Å². The van der Waals surface area contributed by atoms with Crippen molar-refractivity contribution in [1.29, 1.82) is 0 Å². The van der Waals surface area contributed by atoms with E-state index >= 15 is 0 Å². The summed E-state index contributed by atoms with van der Waals surface area (Å²) in [5.74, 6) is 0. The molecule has 0 spiro atoms. The van der Waals surface area contributed by atoms with E-state index in [9.17, 15) is 4.79 Å². The molecule has 0 N–H and O–H groups in total. The van der Waals surface area contributed by atoms with Gasteiger partial charge in [0.05, 0.1) is 17.6 Å². The van der Waals surface area contributed by atoms with E-state index in [-0.39, 0.29) is 10.6 Å². The molecule has 3 rings (SSSR count).